The van der Waals surface area contributed by atoms with Gasteiger partial charge in [0.15, 0.2) is 11.6 Å². The summed E-state index contributed by atoms with van der Waals surface area (Å²) in [5.74, 6) is 0.236. The smallest absolute Gasteiger partial charge is 0.165 e. The van der Waals surface area contributed by atoms with Crippen LogP contribution in [-0.2, 0) is 0 Å². The Bertz CT molecular complexity index is 334. The quantitative estimate of drug-likeness (QED) is 0.815. The van der Waals surface area contributed by atoms with E-state index in [1.54, 1.807) is 12.3 Å². The molecule has 0 unspecified atom stereocenters. The number of hydrogen-bond donors (Lipinski definition) is 1. The van der Waals surface area contributed by atoms with E-state index in [1.807, 2.05) is 4.90 Å². The van der Waals surface area contributed by atoms with Gasteiger partial charge < -0.3 is 10.2 Å². The van der Waals surface area contributed by atoms with E-state index >= 15 is 0 Å². The van der Waals surface area contributed by atoms with Crippen molar-refractivity contribution in [2.24, 2.45) is 0 Å². The van der Waals surface area contributed by atoms with Gasteiger partial charge in [0.05, 0.1) is 0 Å². The van der Waals surface area contributed by atoms with Gasteiger partial charge in [-0.05, 0) is 12.1 Å². The average Bonchev–Trinajstić information content (AvgIpc) is 2.12. The second-order valence-corrected chi connectivity index (χ2v) is 4.23. The highest BCUT2D eigenvalue weighted by Crippen LogP contribution is 2.21. The van der Waals surface area contributed by atoms with Crippen molar-refractivity contribution in [3.05, 3.63) is 24.1 Å². The molecule has 0 bridgehead atoms. The SMILES string of the molecule is CC(C)NC1CN(c2ncccc2F)C1. The molecule has 0 radical (unpaired) electrons. The first-order valence-corrected chi connectivity index (χ1v) is 5.28. The summed E-state index contributed by atoms with van der Waals surface area (Å²) in [6, 6.07) is 4.01. The first-order chi connectivity index (χ1) is 7.16. The average molecular weight is 209 g/mol. The van der Waals surface area contributed by atoms with Crippen molar-refractivity contribution in [3.63, 3.8) is 0 Å². The molecule has 0 aliphatic carbocycles. The summed E-state index contributed by atoms with van der Waals surface area (Å²) in [6.07, 6.45) is 1.63. The predicted molar refractivity (Wildman–Crippen MR) is 58.5 cm³/mol. The number of rotatable bonds is 3. The van der Waals surface area contributed by atoms with Crippen LogP contribution >= 0.6 is 0 Å². The third kappa shape index (κ3) is 2.26. The predicted octanol–water partition coefficient (Wildman–Crippen LogP) is 1.41. The number of pyridine rings is 1. The van der Waals surface area contributed by atoms with Crippen molar-refractivity contribution in [1.82, 2.24) is 10.3 Å². The number of nitrogens with zero attached hydrogens (tertiary/aromatic N) is 2. The number of aromatic nitrogens is 1. The second-order valence-electron chi connectivity index (χ2n) is 4.23. The zero-order chi connectivity index (χ0) is 10.8. The molecule has 0 spiro atoms. The molecule has 1 aromatic rings. The van der Waals surface area contributed by atoms with Gasteiger partial charge in [-0.25, -0.2) is 9.37 Å². The Morgan fingerprint density at radius 1 is 1.53 bits per heavy atom. The summed E-state index contributed by atoms with van der Waals surface area (Å²) >= 11 is 0. The number of anilines is 1. The fourth-order valence-electron chi connectivity index (χ4n) is 1.84. The molecule has 0 atom stereocenters. The molecule has 1 N–H and O–H groups in total. The van der Waals surface area contributed by atoms with E-state index in [0.717, 1.165) is 13.1 Å². The molecule has 3 nitrogen and oxygen atoms in total. The molecular formula is C11H16FN3. The highest BCUT2D eigenvalue weighted by atomic mass is 19.1. The zero-order valence-electron chi connectivity index (χ0n) is 9.07. The molecule has 1 aliphatic heterocycles. The zero-order valence-corrected chi connectivity index (χ0v) is 9.07. The van der Waals surface area contributed by atoms with E-state index in [2.05, 4.69) is 24.1 Å². The standard InChI is InChI=1S/C11H16FN3/c1-8(2)14-9-6-15(7-9)11-10(12)4-3-5-13-11/h3-5,8-9,14H,6-7H2,1-2H3. The number of halogens is 1. The van der Waals surface area contributed by atoms with E-state index in [9.17, 15) is 4.39 Å². The summed E-state index contributed by atoms with van der Waals surface area (Å²) in [5.41, 5.74) is 0. The van der Waals surface area contributed by atoms with Gasteiger partial charge in [0.1, 0.15) is 0 Å². The van der Waals surface area contributed by atoms with Crippen LogP contribution in [0.3, 0.4) is 0 Å². The Morgan fingerprint density at radius 3 is 2.87 bits per heavy atom. The van der Waals surface area contributed by atoms with Gasteiger partial charge >= 0.3 is 0 Å². The van der Waals surface area contributed by atoms with E-state index < -0.39 is 0 Å². The third-order valence-corrected chi connectivity index (χ3v) is 2.49. The first kappa shape index (κ1) is 10.4. The largest absolute Gasteiger partial charge is 0.351 e. The van der Waals surface area contributed by atoms with E-state index in [-0.39, 0.29) is 5.82 Å². The number of hydrogen-bond acceptors (Lipinski definition) is 3. The van der Waals surface area contributed by atoms with Crippen LogP contribution in [0.25, 0.3) is 0 Å². The summed E-state index contributed by atoms with van der Waals surface area (Å²) < 4.78 is 13.3. The van der Waals surface area contributed by atoms with Crippen molar-refractivity contribution in [3.8, 4) is 0 Å². The van der Waals surface area contributed by atoms with Gasteiger partial charge in [0.2, 0.25) is 0 Å². The molecule has 82 valence electrons. The van der Waals surface area contributed by atoms with Crippen LogP contribution < -0.4 is 10.2 Å². The summed E-state index contributed by atoms with van der Waals surface area (Å²) in [4.78, 5) is 5.99. The Kier molecular flexibility index (Phi) is 2.86. The monoisotopic (exact) mass is 209 g/mol. The minimum Gasteiger partial charge on any atom is -0.351 e. The molecule has 15 heavy (non-hydrogen) atoms. The molecule has 2 heterocycles. The lowest BCUT2D eigenvalue weighted by molar-refractivity contribution is 0.383. The Balaban J connectivity index is 1.92. The first-order valence-electron chi connectivity index (χ1n) is 5.28. The van der Waals surface area contributed by atoms with Gasteiger partial charge in [-0.3, -0.25) is 0 Å². The van der Waals surface area contributed by atoms with Crippen LogP contribution in [0.2, 0.25) is 0 Å². The van der Waals surface area contributed by atoms with Gasteiger partial charge in [-0.2, -0.15) is 0 Å². The Hall–Kier alpha value is -1.16. The van der Waals surface area contributed by atoms with Crippen molar-refractivity contribution in [1.29, 1.82) is 0 Å². The van der Waals surface area contributed by atoms with Crippen molar-refractivity contribution in [2.75, 3.05) is 18.0 Å². The van der Waals surface area contributed by atoms with Crippen LogP contribution in [0.4, 0.5) is 10.2 Å². The molecule has 1 fully saturated rings. The maximum absolute atomic E-state index is 13.3. The fraction of sp³-hybridized carbons (Fsp3) is 0.545. The fourth-order valence-corrected chi connectivity index (χ4v) is 1.84. The molecule has 4 heteroatoms. The topological polar surface area (TPSA) is 28.2 Å². The highest BCUT2D eigenvalue weighted by Gasteiger charge is 2.29. The summed E-state index contributed by atoms with van der Waals surface area (Å²) in [7, 11) is 0. The molecular weight excluding hydrogens is 193 g/mol. The van der Waals surface area contributed by atoms with Crippen molar-refractivity contribution < 1.29 is 4.39 Å². The molecule has 0 amide bonds. The van der Waals surface area contributed by atoms with E-state index in [1.165, 1.54) is 6.07 Å². The van der Waals surface area contributed by atoms with Crippen LogP contribution in [0.15, 0.2) is 18.3 Å². The highest BCUT2D eigenvalue weighted by molar-refractivity contribution is 5.43. The Labute approximate surface area is 89.3 Å². The molecule has 1 aliphatic rings. The Morgan fingerprint density at radius 2 is 2.27 bits per heavy atom. The maximum atomic E-state index is 13.3. The third-order valence-electron chi connectivity index (χ3n) is 2.49. The van der Waals surface area contributed by atoms with Gasteiger partial charge in [-0.15, -0.1) is 0 Å². The van der Waals surface area contributed by atoms with Crippen molar-refractivity contribution >= 4 is 5.82 Å². The second kappa shape index (κ2) is 4.14. The summed E-state index contributed by atoms with van der Waals surface area (Å²) in [5, 5.41) is 3.41. The summed E-state index contributed by atoms with van der Waals surface area (Å²) in [6.45, 7) is 5.91. The minimum absolute atomic E-state index is 0.236. The molecule has 0 saturated carbocycles. The number of nitrogens with one attached hydrogen (secondary N) is 1. The lowest BCUT2D eigenvalue weighted by Crippen LogP contribution is -2.60. The molecule has 1 saturated heterocycles. The van der Waals surface area contributed by atoms with E-state index in [0.29, 0.717) is 17.9 Å². The van der Waals surface area contributed by atoms with E-state index in [4.69, 9.17) is 0 Å². The van der Waals surface area contributed by atoms with Gasteiger partial charge in [-0.1, -0.05) is 13.8 Å². The molecule has 1 aromatic heterocycles. The van der Waals surface area contributed by atoms with Crippen LogP contribution in [-0.4, -0.2) is 30.2 Å². The normalized spacial score (nSPS) is 16.9. The van der Waals surface area contributed by atoms with Crippen LogP contribution in [0, 0.1) is 5.82 Å². The molecule has 2 rings (SSSR count). The lowest BCUT2D eigenvalue weighted by Gasteiger charge is -2.41. The van der Waals surface area contributed by atoms with Crippen LogP contribution in [0.5, 0.6) is 0 Å². The molecule has 0 aromatic carbocycles. The van der Waals surface area contributed by atoms with Crippen molar-refractivity contribution in [2.45, 2.75) is 25.9 Å². The van der Waals surface area contributed by atoms with Crippen LogP contribution in [0.1, 0.15) is 13.8 Å². The lowest BCUT2D eigenvalue weighted by atomic mass is 10.1. The van der Waals surface area contributed by atoms with Gasteiger partial charge in [0.25, 0.3) is 0 Å². The maximum Gasteiger partial charge on any atom is 0.165 e. The van der Waals surface area contributed by atoms with Gasteiger partial charge in [0, 0.05) is 31.4 Å². The minimum atomic E-state index is -0.236.